The molecule has 1 aromatic rings. The van der Waals surface area contributed by atoms with Crippen molar-refractivity contribution >= 4 is 15.9 Å². The molecule has 1 rings (SSSR count). The summed E-state index contributed by atoms with van der Waals surface area (Å²) in [7, 11) is 0. The number of aliphatic hydroxyl groups is 1. The number of phenols is 1. The third-order valence-electron chi connectivity index (χ3n) is 2.18. The van der Waals surface area contributed by atoms with Crippen LogP contribution < -0.4 is 5.32 Å². The van der Waals surface area contributed by atoms with E-state index in [2.05, 4.69) is 21.2 Å². The van der Waals surface area contributed by atoms with Gasteiger partial charge in [0, 0.05) is 22.6 Å². The summed E-state index contributed by atoms with van der Waals surface area (Å²) in [4.78, 5) is 0. The molecule has 0 amide bonds. The molecule has 4 heteroatoms. The molecule has 3 N–H and O–H groups in total. The van der Waals surface area contributed by atoms with Crippen LogP contribution in [0.2, 0.25) is 0 Å². The highest BCUT2D eigenvalue weighted by molar-refractivity contribution is 9.10. The molecular formula is C11H16BrNO2. The number of hydrogen-bond acceptors (Lipinski definition) is 3. The molecule has 0 bridgehead atoms. The fourth-order valence-corrected chi connectivity index (χ4v) is 1.69. The molecule has 0 aliphatic rings. The van der Waals surface area contributed by atoms with Crippen LogP contribution in [0.1, 0.15) is 25.5 Å². The second-order valence-corrected chi connectivity index (χ2v) is 4.60. The van der Waals surface area contributed by atoms with E-state index < -0.39 is 0 Å². The van der Waals surface area contributed by atoms with Crippen molar-refractivity contribution in [2.45, 2.75) is 26.0 Å². The van der Waals surface area contributed by atoms with Crippen LogP contribution in [0.15, 0.2) is 22.7 Å². The number of aromatic hydroxyl groups is 1. The van der Waals surface area contributed by atoms with Gasteiger partial charge in [-0.3, -0.25) is 0 Å². The first-order valence-corrected chi connectivity index (χ1v) is 5.70. The molecule has 3 nitrogen and oxygen atoms in total. The van der Waals surface area contributed by atoms with Crippen molar-refractivity contribution in [3.8, 4) is 5.75 Å². The third kappa shape index (κ3) is 3.81. The highest BCUT2D eigenvalue weighted by Gasteiger charge is 2.10. The van der Waals surface area contributed by atoms with Gasteiger partial charge < -0.3 is 15.5 Å². The maximum Gasteiger partial charge on any atom is 0.121 e. The van der Waals surface area contributed by atoms with Gasteiger partial charge in [-0.1, -0.05) is 22.0 Å². The van der Waals surface area contributed by atoms with Crippen molar-refractivity contribution in [2.24, 2.45) is 0 Å². The van der Waals surface area contributed by atoms with E-state index in [4.69, 9.17) is 5.11 Å². The van der Waals surface area contributed by atoms with Gasteiger partial charge >= 0.3 is 0 Å². The predicted octanol–water partition coefficient (Wildman–Crippen LogP) is 2.19. The molecule has 84 valence electrons. The molecule has 0 heterocycles. The molecular weight excluding hydrogens is 258 g/mol. The number of halogens is 1. The quantitative estimate of drug-likeness (QED) is 0.788. The van der Waals surface area contributed by atoms with Crippen molar-refractivity contribution in [3.05, 3.63) is 28.2 Å². The summed E-state index contributed by atoms with van der Waals surface area (Å²) in [5.41, 5.74) is 0.832. The molecule has 0 spiro atoms. The number of rotatable bonds is 4. The van der Waals surface area contributed by atoms with Gasteiger partial charge in [-0.2, -0.15) is 0 Å². The molecule has 0 fully saturated rings. The van der Waals surface area contributed by atoms with Crippen LogP contribution in [0.3, 0.4) is 0 Å². The maximum absolute atomic E-state index is 9.69. The smallest absolute Gasteiger partial charge is 0.121 e. The number of nitrogens with one attached hydrogen (secondary N) is 1. The Balaban J connectivity index is 2.69. The van der Waals surface area contributed by atoms with Crippen molar-refractivity contribution in [3.63, 3.8) is 0 Å². The van der Waals surface area contributed by atoms with Gasteiger partial charge in [-0.15, -0.1) is 0 Å². The Hall–Kier alpha value is -0.580. The van der Waals surface area contributed by atoms with Crippen LogP contribution in [0.4, 0.5) is 0 Å². The number of benzene rings is 1. The molecule has 0 saturated heterocycles. The summed E-state index contributed by atoms with van der Waals surface area (Å²) >= 11 is 3.29. The number of hydrogen-bond donors (Lipinski definition) is 3. The van der Waals surface area contributed by atoms with Crippen LogP contribution in [0.25, 0.3) is 0 Å². The minimum absolute atomic E-state index is 0.0210. The monoisotopic (exact) mass is 273 g/mol. The van der Waals surface area contributed by atoms with E-state index in [0.29, 0.717) is 6.54 Å². The Morgan fingerprint density at radius 1 is 1.40 bits per heavy atom. The Bertz CT molecular complexity index is 328. The van der Waals surface area contributed by atoms with Gasteiger partial charge in [-0.05, 0) is 26.0 Å². The van der Waals surface area contributed by atoms with E-state index in [1.54, 1.807) is 13.0 Å². The molecule has 0 aliphatic heterocycles. The zero-order valence-corrected chi connectivity index (χ0v) is 10.5. The summed E-state index contributed by atoms with van der Waals surface area (Å²) in [6.07, 6.45) is -0.384. The van der Waals surface area contributed by atoms with Crippen LogP contribution >= 0.6 is 15.9 Å². The van der Waals surface area contributed by atoms with E-state index in [1.165, 1.54) is 0 Å². The van der Waals surface area contributed by atoms with E-state index in [-0.39, 0.29) is 17.9 Å². The van der Waals surface area contributed by atoms with Crippen LogP contribution in [0, 0.1) is 0 Å². The van der Waals surface area contributed by atoms with Gasteiger partial charge in [-0.25, -0.2) is 0 Å². The second kappa shape index (κ2) is 5.49. The lowest BCUT2D eigenvalue weighted by Crippen LogP contribution is -2.27. The van der Waals surface area contributed by atoms with Gasteiger partial charge in [0.2, 0.25) is 0 Å². The largest absolute Gasteiger partial charge is 0.508 e. The highest BCUT2D eigenvalue weighted by atomic mass is 79.9. The average molecular weight is 274 g/mol. The van der Waals surface area contributed by atoms with E-state index in [1.807, 2.05) is 19.1 Å². The Labute approximate surface area is 98.3 Å². The minimum Gasteiger partial charge on any atom is -0.508 e. The van der Waals surface area contributed by atoms with E-state index in [0.717, 1.165) is 10.0 Å². The summed E-state index contributed by atoms with van der Waals surface area (Å²) in [5, 5.41) is 22.0. The standard InChI is InChI=1S/C11H16BrNO2/c1-7(14)6-13-8(2)10-4-3-9(12)5-11(10)15/h3-5,7-8,13-15H,6H2,1-2H3. The average Bonchev–Trinajstić information content (AvgIpc) is 2.14. The summed E-state index contributed by atoms with van der Waals surface area (Å²) < 4.78 is 0.853. The molecule has 1 aromatic carbocycles. The normalized spacial score (nSPS) is 14.9. The lowest BCUT2D eigenvalue weighted by molar-refractivity contribution is 0.187. The first-order chi connectivity index (χ1) is 7.00. The maximum atomic E-state index is 9.69. The van der Waals surface area contributed by atoms with E-state index >= 15 is 0 Å². The summed E-state index contributed by atoms with van der Waals surface area (Å²) in [6, 6.07) is 5.43. The molecule has 0 radical (unpaired) electrons. The van der Waals surface area contributed by atoms with Gasteiger partial charge in [0.15, 0.2) is 0 Å². The minimum atomic E-state index is -0.384. The van der Waals surface area contributed by atoms with E-state index in [9.17, 15) is 5.11 Å². The first kappa shape index (κ1) is 12.5. The van der Waals surface area contributed by atoms with Gasteiger partial charge in [0.25, 0.3) is 0 Å². The SMILES string of the molecule is CC(O)CNC(C)c1ccc(Br)cc1O. The van der Waals surface area contributed by atoms with Crippen LogP contribution in [-0.2, 0) is 0 Å². The Kier molecular flexibility index (Phi) is 4.57. The molecule has 0 saturated carbocycles. The fourth-order valence-electron chi connectivity index (χ4n) is 1.34. The van der Waals surface area contributed by atoms with Crippen molar-refractivity contribution in [1.82, 2.24) is 5.32 Å². The first-order valence-electron chi connectivity index (χ1n) is 4.90. The lowest BCUT2D eigenvalue weighted by atomic mass is 10.1. The van der Waals surface area contributed by atoms with Gasteiger partial charge in [0.05, 0.1) is 6.10 Å². The highest BCUT2D eigenvalue weighted by Crippen LogP contribution is 2.27. The van der Waals surface area contributed by atoms with Crippen molar-refractivity contribution in [1.29, 1.82) is 0 Å². The number of phenolic OH excluding ortho intramolecular Hbond substituents is 1. The lowest BCUT2D eigenvalue weighted by Gasteiger charge is -2.16. The Morgan fingerprint density at radius 3 is 2.60 bits per heavy atom. The summed E-state index contributed by atoms with van der Waals surface area (Å²) in [5.74, 6) is 0.259. The predicted molar refractivity (Wildman–Crippen MR) is 63.9 cm³/mol. The summed E-state index contributed by atoms with van der Waals surface area (Å²) in [6.45, 7) is 4.18. The molecule has 0 aromatic heterocycles. The molecule has 2 unspecified atom stereocenters. The zero-order valence-electron chi connectivity index (χ0n) is 8.87. The second-order valence-electron chi connectivity index (χ2n) is 3.68. The topological polar surface area (TPSA) is 52.5 Å². The Morgan fingerprint density at radius 2 is 2.07 bits per heavy atom. The molecule has 0 aliphatic carbocycles. The van der Waals surface area contributed by atoms with Crippen LogP contribution in [0.5, 0.6) is 5.75 Å². The third-order valence-corrected chi connectivity index (χ3v) is 2.67. The van der Waals surface area contributed by atoms with Crippen LogP contribution in [-0.4, -0.2) is 22.9 Å². The van der Waals surface area contributed by atoms with Crippen molar-refractivity contribution in [2.75, 3.05) is 6.54 Å². The van der Waals surface area contributed by atoms with Gasteiger partial charge in [0.1, 0.15) is 5.75 Å². The number of aliphatic hydroxyl groups excluding tert-OH is 1. The zero-order chi connectivity index (χ0) is 11.4. The van der Waals surface area contributed by atoms with Crippen molar-refractivity contribution < 1.29 is 10.2 Å². The molecule has 2 atom stereocenters. The fraction of sp³-hybridized carbons (Fsp3) is 0.455. The molecule has 15 heavy (non-hydrogen) atoms.